The third kappa shape index (κ3) is 3.65. The fourth-order valence-corrected chi connectivity index (χ4v) is 5.28. The first-order valence-electron chi connectivity index (χ1n) is 7.92. The Bertz CT molecular complexity index is 1050. The summed E-state index contributed by atoms with van der Waals surface area (Å²) in [6.45, 7) is 1.79. The summed E-state index contributed by atoms with van der Waals surface area (Å²) in [5.74, 6) is -0.345. The summed E-state index contributed by atoms with van der Waals surface area (Å²) in [5.41, 5.74) is -1.36. The van der Waals surface area contributed by atoms with E-state index in [0.29, 0.717) is 17.3 Å². The number of sulfone groups is 1. The van der Waals surface area contributed by atoms with E-state index in [2.05, 4.69) is 10.3 Å². The van der Waals surface area contributed by atoms with Crippen LogP contribution in [0.1, 0.15) is 19.8 Å². The molecular formula is C16H19N3O5S. The molecule has 0 spiro atoms. The third-order valence-corrected chi connectivity index (χ3v) is 6.32. The molecular weight excluding hydrogens is 346 g/mol. The van der Waals surface area contributed by atoms with E-state index in [-0.39, 0.29) is 30.4 Å². The highest BCUT2D eigenvalue weighted by Gasteiger charge is 2.39. The fourth-order valence-electron chi connectivity index (χ4n) is 3.19. The Morgan fingerprint density at radius 1 is 1.32 bits per heavy atom. The minimum Gasteiger partial charge on any atom is -0.350 e. The number of aryl methyl sites for hydroxylation is 1. The molecule has 2 N–H and O–H groups in total. The highest BCUT2D eigenvalue weighted by Crippen LogP contribution is 2.22. The van der Waals surface area contributed by atoms with Gasteiger partial charge in [-0.3, -0.25) is 19.1 Å². The van der Waals surface area contributed by atoms with Gasteiger partial charge in [0, 0.05) is 13.0 Å². The number of benzene rings is 1. The zero-order valence-corrected chi connectivity index (χ0v) is 14.6. The zero-order chi connectivity index (χ0) is 18.2. The summed E-state index contributed by atoms with van der Waals surface area (Å²) >= 11 is 0. The van der Waals surface area contributed by atoms with Crippen LogP contribution in [0, 0.1) is 0 Å². The van der Waals surface area contributed by atoms with E-state index in [1.807, 2.05) is 0 Å². The van der Waals surface area contributed by atoms with Crippen LogP contribution in [-0.2, 0) is 21.2 Å². The zero-order valence-electron chi connectivity index (χ0n) is 13.7. The number of hydrogen-bond acceptors (Lipinski definition) is 5. The Labute approximate surface area is 143 Å². The molecule has 2 heterocycles. The van der Waals surface area contributed by atoms with Crippen LogP contribution in [0.2, 0.25) is 0 Å². The van der Waals surface area contributed by atoms with Gasteiger partial charge in [0.05, 0.1) is 27.9 Å². The number of rotatable bonds is 4. The fraction of sp³-hybridized carbons (Fsp3) is 0.438. The molecule has 1 atom stereocenters. The molecule has 0 unspecified atom stereocenters. The van der Waals surface area contributed by atoms with Gasteiger partial charge in [-0.25, -0.2) is 13.2 Å². The molecule has 1 aromatic heterocycles. The van der Waals surface area contributed by atoms with Crippen LogP contribution >= 0.6 is 0 Å². The molecule has 25 heavy (non-hydrogen) atoms. The van der Waals surface area contributed by atoms with Gasteiger partial charge in [-0.2, -0.15) is 0 Å². The summed E-state index contributed by atoms with van der Waals surface area (Å²) in [6.07, 6.45) is 0.383. The normalized spacial score (nSPS) is 22.1. The lowest BCUT2D eigenvalue weighted by Gasteiger charge is -2.24. The van der Waals surface area contributed by atoms with Crippen molar-refractivity contribution in [1.82, 2.24) is 14.9 Å². The summed E-state index contributed by atoms with van der Waals surface area (Å²) < 4.78 is 24.5. The maximum absolute atomic E-state index is 12.2. The molecule has 0 saturated carbocycles. The van der Waals surface area contributed by atoms with Gasteiger partial charge >= 0.3 is 5.69 Å². The number of para-hydroxylation sites is 1. The number of fused-ring (bicyclic) bond motifs is 1. The molecule has 8 nitrogen and oxygen atoms in total. The average Bonchev–Trinajstić information content (AvgIpc) is 2.80. The summed E-state index contributed by atoms with van der Waals surface area (Å²) in [5, 5.41) is 3.13. The van der Waals surface area contributed by atoms with Gasteiger partial charge in [-0.1, -0.05) is 12.1 Å². The standard InChI is InChI=1S/C16H19N3O5S/c1-16(7-9-25(23,24)10-16)18-13(20)6-8-19-12-5-3-2-4-11(12)14(21)17-15(19)22/h2-5H,6-10H2,1H3,(H,18,20)(H,17,21,22)/t16-/m1/s1. The smallest absolute Gasteiger partial charge is 0.328 e. The second-order valence-electron chi connectivity index (χ2n) is 6.63. The number of carbonyl (C=O) groups excluding carboxylic acids is 1. The maximum atomic E-state index is 12.2. The lowest BCUT2D eigenvalue weighted by molar-refractivity contribution is -0.122. The lowest BCUT2D eigenvalue weighted by Crippen LogP contribution is -2.47. The number of amides is 1. The molecule has 9 heteroatoms. The number of nitrogens with one attached hydrogen (secondary N) is 2. The highest BCUT2D eigenvalue weighted by atomic mass is 32.2. The topological polar surface area (TPSA) is 118 Å². The number of nitrogens with zero attached hydrogens (tertiary/aromatic N) is 1. The third-order valence-electron chi connectivity index (χ3n) is 4.41. The van der Waals surface area contributed by atoms with Gasteiger partial charge in [0.15, 0.2) is 9.84 Å². The van der Waals surface area contributed by atoms with E-state index < -0.39 is 26.6 Å². The van der Waals surface area contributed by atoms with Gasteiger partial charge in [-0.15, -0.1) is 0 Å². The van der Waals surface area contributed by atoms with Crippen molar-refractivity contribution in [2.75, 3.05) is 11.5 Å². The molecule has 1 aliphatic heterocycles. The Kier molecular flexibility index (Phi) is 4.28. The monoisotopic (exact) mass is 365 g/mol. The average molecular weight is 365 g/mol. The molecule has 2 aromatic rings. The maximum Gasteiger partial charge on any atom is 0.328 e. The largest absolute Gasteiger partial charge is 0.350 e. The van der Waals surface area contributed by atoms with Gasteiger partial charge < -0.3 is 5.32 Å². The van der Waals surface area contributed by atoms with Gasteiger partial charge in [-0.05, 0) is 25.5 Å². The van der Waals surface area contributed by atoms with Crippen LogP contribution in [0.4, 0.5) is 0 Å². The Morgan fingerprint density at radius 2 is 2.04 bits per heavy atom. The van der Waals surface area contributed by atoms with E-state index in [9.17, 15) is 22.8 Å². The number of H-pyrrole nitrogens is 1. The van der Waals surface area contributed by atoms with Crippen molar-refractivity contribution in [3.05, 3.63) is 45.1 Å². The van der Waals surface area contributed by atoms with Gasteiger partial charge in [0.1, 0.15) is 0 Å². The molecule has 1 aromatic carbocycles. The summed E-state index contributed by atoms with van der Waals surface area (Å²) in [7, 11) is -3.12. The lowest BCUT2D eigenvalue weighted by atomic mass is 10.0. The molecule has 1 amide bonds. The van der Waals surface area contributed by atoms with Crippen LogP contribution in [0.25, 0.3) is 10.9 Å². The number of carbonyl (C=O) groups is 1. The van der Waals surface area contributed by atoms with Crippen LogP contribution in [0.3, 0.4) is 0 Å². The first-order chi connectivity index (χ1) is 11.7. The SMILES string of the molecule is C[C@@]1(NC(=O)CCn2c(=O)[nH]c(=O)c3ccccc32)CCS(=O)(=O)C1. The van der Waals surface area contributed by atoms with E-state index in [1.54, 1.807) is 31.2 Å². The predicted molar refractivity (Wildman–Crippen MR) is 93.3 cm³/mol. The van der Waals surface area contributed by atoms with Crippen molar-refractivity contribution in [3.63, 3.8) is 0 Å². The number of hydrogen-bond donors (Lipinski definition) is 2. The molecule has 1 saturated heterocycles. The van der Waals surface area contributed by atoms with Crippen molar-refractivity contribution < 1.29 is 13.2 Å². The summed E-state index contributed by atoms with van der Waals surface area (Å²) in [4.78, 5) is 38.3. The molecule has 1 aliphatic rings. The van der Waals surface area contributed by atoms with Crippen LogP contribution in [-0.4, -0.2) is 40.9 Å². The number of aromatic nitrogens is 2. The quantitative estimate of drug-likeness (QED) is 0.776. The molecule has 0 radical (unpaired) electrons. The van der Waals surface area contributed by atoms with Crippen molar-refractivity contribution >= 4 is 26.6 Å². The first-order valence-corrected chi connectivity index (χ1v) is 9.75. The predicted octanol–water partition coefficient (Wildman–Crippen LogP) is -0.227. The highest BCUT2D eigenvalue weighted by molar-refractivity contribution is 7.91. The minimum atomic E-state index is -3.12. The van der Waals surface area contributed by atoms with Gasteiger partial charge in [0.2, 0.25) is 5.91 Å². The first kappa shape index (κ1) is 17.4. The van der Waals surface area contributed by atoms with E-state index >= 15 is 0 Å². The van der Waals surface area contributed by atoms with E-state index in [0.717, 1.165) is 0 Å². The summed E-state index contributed by atoms with van der Waals surface area (Å²) in [6, 6.07) is 6.66. The Hall–Kier alpha value is -2.42. The second-order valence-corrected chi connectivity index (χ2v) is 8.81. The van der Waals surface area contributed by atoms with Crippen molar-refractivity contribution in [2.45, 2.75) is 31.8 Å². The molecule has 0 aliphatic carbocycles. The molecule has 1 fully saturated rings. The van der Waals surface area contributed by atoms with E-state index in [1.165, 1.54) is 4.57 Å². The molecule has 3 rings (SSSR count). The number of aromatic amines is 1. The van der Waals surface area contributed by atoms with Crippen molar-refractivity contribution in [3.8, 4) is 0 Å². The minimum absolute atomic E-state index is 0.00554. The van der Waals surface area contributed by atoms with Crippen molar-refractivity contribution in [2.24, 2.45) is 0 Å². The van der Waals surface area contributed by atoms with Crippen LogP contribution in [0.15, 0.2) is 33.9 Å². The van der Waals surface area contributed by atoms with Crippen molar-refractivity contribution in [1.29, 1.82) is 0 Å². The van der Waals surface area contributed by atoms with Gasteiger partial charge in [0.25, 0.3) is 5.56 Å². The van der Waals surface area contributed by atoms with Crippen LogP contribution < -0.4 is 16.6 Å². The van der Waals surface area contributed by atoms with E-state index in [4.69, 9.17) is 0 Å². The molecule has 0 bridgehead atoms. The van der Waals surface area contributed by atoms with Crippen LogP contribution in [0.5, 0.6) is 0 Å². The Morgan fingerprint density at radius 3 is 2.72 bits per heavy atom. The molecule has 134 valence electrons. The second kappa shape index (κ2) is 6.14. The Balaban J connectivity index is 1.76.